The maximum absolute atomic E-state index is 12.1. The van der Waals surface area contributed by atoms with Crippen LogP contribution in [0.15, 0.2) is 0 Å². The first kappa shape index (κ1) is 14.8. The van der Waals surface area contributed by atoms with Crippen LogP contribution in [0.1, 0.15) is 40.5 Å². The molecule has 5 heteroatoms. The zero-order valence-electron chi connectivity index (χ0n) is 11.4. The van der Waals surface area contributed by atoms with Crippen molar-refractivity contribution in [1.82, 2.24) is 5.32 Å². The molecule has 0 saturated carbocycles. The van der Waals surface area contributed by atoms with Gasteiger partial charge in [0.15, 0.2) is 17.5 Å². The Kier molecular flexibility index (Phi) is 4.62. The lowest BCUT2D eigenvalue weighted by Crippen LogP contribution is -2.44. The third-order valence-corrected chi connectivity index (χ3v) is 2.74. The van der Waals surface area contributed by atoms with E-state index in [-0.39, 0.29) is 5.78 Å². The minimum Gasteiger partial charge on any atom is -0.459 e. The second kappa shape index (κ2) is 5.61. The molecule has 0 bridgehead atoms. The summed E-state index contributed by atoms with van der Waals surface area (Å²) in [6, 6.07) is -0.397. The number of esters is 1. The van der Waals surface area contributed by atoms with Crippen molar-refractivity contribution in [1.29, 1.82) is 0 Å². The van der Waals surface area contributed by atoms with Crippen LogP contribution in [0.4, 0.5) is 0 Å². The summed E-state index contributed by atoms with van der Waals surface area (Å²) < 4.78 is 5.13. The number of Topliss-reactive ketones (excluding diaryl/α,β-unsaturated/α-hetero) is 2. The maximum atomic E-state index is 12.1. The minimum absolute atomic E-state index is 0.366. The first-order valence-electron chi connectivity index (χ1n) is 6.23. The van der Waals surface area contributed by atoms with E-state index in [0.717, 1.165) is 13.0 Å². The molecule has 1 aliphatic rings. The highest BCUT2D eigenvalue weighted by molar-refractivity contribution is 6.18. The Bertz CT molecular complexity index is 350. The Morgan fingerprint density at radius 1 is 1.28 bits per heavy atom. The van der Waals surface area contributed by atoms with Gasteiger partial charge in [-0.3, -0.25) is 14.4 Å². The smallest absolute Gasteiger partial charge is 0.324 e. The summed E-state index contributed by atoms with van der Waals surface area (Å²) in [7, 11) is 0. The predicted molar refractivity (Wildman–Crippen MR) is 66.0 cm³/mol. The summed E-state index contributed by atoms with van der Waals surface area (Å²) in [4.78, 5) is 35.6. The van der Waals surface area contributed by atoms with Crippen molar-refractivity contribution in [2.45, 2.75) is 52.2 Å². The van der Waals surface area contributed by atoms with Crippen molar-refractivity contribution in [2.75, 3.05) is 6.54 Å². The van der Waals surface area contributed by atoms with Gasteiger partial charge in [-0.05, 0) is 47.1 Å². The molecule has 1 fully saturated rings. The molecular formula is C13H21NO4. The van der Waals surface area contributed by atoms with E-state index in [9.17, 15) is 14.4 Å². The van der Waals surface area contributed by atoms with Gasteiger partial charge in [0.2, 0.25) is 0 Å². The fourth-order valence-electron chi connectivity index (χ4n) is 1.97. The number of rotatable bonds is 4. The largest absolute Gasteiger partial charge is 0.459 e. The third kappa shape index (κ3) is 3.91. The summed E-state index contributed by atoms with van der Waals surface area (Å²) in [5.41, 5.74) is -0.700. The summed E-state index contributed by atoms with van der Waals surface area (Å²) in [6.45, 7) is 7.12. The normalized spacial score (nSPS) is 21.4. The van der Waals surface area contributed by atoms with Gasteiger partial charge in [-0.2, -0.15) is 0 Å². The lowest BCUT2D eigenvalue weighted by atomic mass is 9.93. The van der Waals surface area contributed by atoms with Crippen molar-refractivity contribution in [3.63, 3.8) is 0 Å². The molecule has 0 radical (unpaired) electrons. The van der Waals surface area contributed by atoms with Crippen LogP contribution in [0.25, 0.3) is 0 Å². The number of ether oxygens (including phenoxy) is 1. The van der Waals surface area contributed by atoms with E-state index in [4.69, 9.17) is 4.74 Å². The van der Waals surface area contributed by atoms with E-state index in [1.54, 1.807) is 20.8 Å². The highest BCUT2D eigenvalue weighted by Gasteiger charge is 2.39. The monoisotopic (exact) mass is 255 g/mol. The Balaban J connectivity index is 2.79. The van der Waals surface area contributed by atoms with E-state index in [1.807, 2.05) is 0 Å². The Morgan fingerprint density at radius 3 is 2.28 bits per heavy atom. The number of ketones is 2. The van der Waals surface area contributed by atoms with Crippen LogP contribution in [0.5, 0.6) is 0 Å². The Labute approximate surface area is 107 Å². The summed E-state index contributed by atoms with van der Waals surface area (Å²) in [6.07, 6.45) is 1.56. The number of carbonyl (C=O) groups is 3. The fraction of sp³-hybridized carbons (Fsp3) is 0.769. The molecular weight excluding hydrogens is 234 g/mol. The molecule has 0 aliphatic carbocycles. The van der Waals surface area contributed by atoms with Crippen molar-refractivity contribution in [3.05, 3.63) is 0 Å². The van der Waals surface area contributed by atoms with Crippen LogP contribution >= 0.6 is 0 Å². The lowest BCUT2D eigenvalue weighted by Gasteiger charge is -2.23. The Hall–Kier alpha value is -1.23. The zero-order valence-corrected chi connectivity index (χ0v) is 11.4. The first-order chi connectivity index (χ1) is 8.22. The van der Waals surface area contributed by atoms with Gasteiger partial charge in [0.05, 0.1) is 6.04 Å². The third-order valence-electron chi connectivity index (χ3n) is 2.74. The van der Waals surface area contributed by atoms with Crippen molar-refractivity contribution < 1.29 is 19.1 Å². The van der Waals surface area contributed by atoms with Gasteiger partial charge in [-0.25, -0.2) is 0 Å². The van der Waals surface area contributed by atoms with Crippen LogP contribution in [-0.2, 0) is 19.1 Å². The van der Waals surface area contributed by atoms with Crippen LogP contribution in [0.3, 0.4) is 0 Å². The highest BCUT2D eigenvalue weighted by atomic mass is 16.6. The lowest BCUT2D eigenvalue weighted by molar-refractivity contribution is -0.164. The maximum Gasteiger partial charge on any atom is 0.324 e. The van der Waals surface area contributed by atoms with Crippen LogP contribution in [-0.4, -0.2) is 35.7 Å². The molecule has 1 saturated heterocycles. The van der Waals surface area contributed by atoms with E-state index in [2.05, 4.69) is 5.32 Å². The summed E-state index contributed by atoms with van der Waals surface area (Å²) in [5.74, 6) is -2.86. The van der Waals surface area contributed by atoms with E-state index in [0.29, 0.717) is 6.42 Å². The Morgan fingerprint density at radius 2 is 1.89 bits per heavy atom. The van der Waals surface area contributed by atoms with Crippen molar-refractivity contribution >= 4 is 17.5 Å². The predicted octanol–water partition coefficient (Wildman–Crippen LogP) is 0.854. The average molecular weight is 255 g/mol. The van der Waals surface area contributed by atoms with Crippen LogP contribution < -0.4 is 5.32 Å². The molecule has 0 spiro atoms. The molecule has 1 rings (SSSR count). The quantitative estimate of drug-likeness (QED) is 0.595. The van der Waals surface area contributed by atoms with Gasteiger partial charge in [0, 0.05) is 0 Å². The average Bonchev–Trinajstić information content (AvgIpc) is 2.65. The second-order valence-electron chi connectivity index (χ2n) is 5.63. The van der Waals surface area contributed by atoms with E-state index in [1.165, 1.54) is 6.92 Å². The van der Waals surface area contributed by atoms with Gasteiger partial charge in [-0.15, -0.1) is 0 Å². The first-order valence-corrected chi connectivity index (χ1v) is 6.23. The molecule has 1 aliphatic heterocycles. The topological polar surface area (TPSA) is 72.5 Å². The van der Waals surface area contributed by atoms with Gasteiger partial charge in [0.25, 0.3) is 0 Å². The highest BCUT2D eigenvalue weighted by Crippen LogP contribution is 2.17. The SMILES string of the molecule is CC(=O)C(C(=O)OC(C)(C)C)C(=O)C1CCCN1. The van der Waals surface area contributed by atoms with Gasteiger partial charge in [0.1, 0.15) is 5.60 Å². The van der Waals surface area contributed by atoms with Crippen molar-refractivity contribution in [3.8, 4) is 0 Å². The van der Waals surface area contributed by atoms with Gasteiger partial charge < -0.3 is 10.1 Å². The molecule has 2 unspecified atom stereocenters. The van der Waals surface area contributed by atoms with Gasteiger partial charge in [-0.1, -0.05) is 0 Å². The molecule has 5 nitrogen and oxygen atoms in total. The molecule has 0 amide bonds. The zero-order chi connectivity index (χ0) is 13.9. The van der Waals surface area contributed by atoms with Crippen LogP contribution in [0, 0.1) is 5.92 Å². The number of hydrogen-bond acceptors (Lipinski definition) is 5. The molecule has 0 aromatic heterocycles. The molecule has 102 valence electrons. The fourth-order valence-corrected chi connectivity index (χ4v) is 1.97. The molecule has 1 N–H and O–H groups in total. The van der Waals surface area contributed by atoms with Crippen LogP contribution in [0.2, 0.25) is 0 Å². The molecule has 1 heterocycles. The summed E-state index contributed by atoms with van der Waals surface area (Å²) >= 11 is 0. The van der Waals surface area contributed by atoms with E-state index < -0.39 is 29.3 Å². The molecule has 2 atom stereocenters. The number of carbonyl (C=O) groups excluding carboxylic acids is 3. The van der Waals surface area contributed by atoms with Gasteiger partial charge >= 0.3 is 5.97 Å². The number of nitrogens with one attached hydrogen (secondary N) is 1. The minimum atomic E-state index is -1.29. The van der Waals surface area contributed by atoms with Crippen molar-refractivity contribution in [2.24, 2.45) is 5.92 Å². The standard InChI is InChI=1S/C13H21NO4/c1-8(15)10(12(17)18-13(2,3)4)11(16)9-6-5-7-14-9/h9-10,14H,5-7H2,1-4H3. The second-order valence-corrected chi connectivity index (χ2v) is 5.63. The number of hydrogen-bond donors (Lipinski definition) is 1. The molecule has 0 aromatic rings. The molecule has 0 aromatic carbocycles. The molecule has 18 heavy (non-hydrogen) atoms. The summed E-state index contributed by atoms with van der Waals surface area (Å²) in [5, 5.41) is 3.00. The van der Waals surface area contributed by atoms with E-state index >= 15 is 0 Å².